The van der Waals surface area contributed by atoms with Gasteiger partial charge in [0.2, 0.25) is 0 Å². The molecule has 2 aromatic rings. The summed E-state index contributed by atoms with van der Waals surface area (Å²) in [5.41, 5.74) is 3.83. The summed E-state index contributed by atoms with van der Waals surface area (Å²) in [4.78, 5) is 15.3. The van der Waals surface area contributed by atoms with Crippen LogP contribution in [0.2, 0.25) is 0 Å². The lowest BCUT2D eigenvalue weighted by Crippen LogP contribution is -2.36. The first-order valence-corrected chi connectivity index (χ1v) is 8.92. The van der Waals surface area contributed by atoms with Crippen molar-refractivity contribution >= 4 is 5.97 Å². The Kier molecular flexibility index (Phi) is 3.35. The lowest BCUT2D eigenvalue weighted by molar-refractivity contribution is -0.148. The highest BCUT2D eigenvalue weighted by molar-refractivity contribution is 5.75. The fourth-order valence-electron chi connectivity index (χ4n) is 5.09. The van der Waals surface area contributed by atoms with Crippen molar-refractivity contribution in [2.45, 2.75) is 18.5 Å². The van der Waals surface area contributed by atoms with Crippen molar-refractivity contribution in [3.8, 4) is 5.75 Å². The van der Waals surface area contributed by atoms with E-state index in [9.17, 15) is 4.79 Å². The van der Waals surface area contributed by atoms with Gasteiger partial charge in [0.05, 0.1) is 19.6 Å². The van der Waals surface area contributed by atoms with Gasteiger partial charge in [0.1, 0.15) is 5.75 Å². The molecule has 25 heavy (non-hydrogen) atoms. The molecule has 4 heteroatoms. The van der Waals surface area contributed by atoms with Crippen molar-refractivity contribution in [3.63, 3.8) is 0 Å². The van der Waals surface area contributed by atoms with Crippen molar-refractivity contribution in [2.24, 2.45) is 11.8 Å². The minimum atomic E-state index is -0.190. The topological polar surface area (TPSA) is 38.8 Å². The SMILES string of the molecule is COC(=O)[C@H]1[C@@H]2COc3ccccc3[C@@H]2N2CCc3ccccc3[C@@H]12. The van der Waals surface area contributed by atoms with Gasteiger partial charge in [0.25, 0.3) is 0 Å². The fraction of sp³-hybridized carbons (Fsp3) is 0.381. The minimum absolute atomic E-state index is 0.0714. The van der Waals surface area contributed by atoms with E-state index in [-0.39, 0.29) is 29.9 Å². The Morgan fingerprint density at radius 3 is 2.68 bits per heavy atom. The predicted octanol–water partition coefficient (Wildman–Crippen LogP) is 3.14. The summed E-state index contributed by atoms with van der Waals surface area (Å²) in [6.07, 6.45) is 1.02. The van der Waals surface area contributed by atoms with E-state index in [2.05, 4.69) is 41.3 Å². The lowest BCUT2D eigenvalue weighted by atomic mass is 9.81. The summed E-state index contributed by atoms with van der Waals surface area (Å²) in [5, 5.41) is 0. The molecule has 0 aromatic heterocycles. The van der Waals surface area contributed by atoms with Crippen LogP contribution in [0, 0.1) is 11.8 Å². The van der Waals surface area contributed by atoms with Crippen LogP contribution < -0.4 is 4.74 Å². The molecule has 0 unspecified atom stereocenters. The van der Waals surface area contributed by atoms with Crippen molar-refractivity contribution < 1.29 is 14.3 Å². The van der Waals surface area contributed by atoms with E-state index in [1.807, 2.05) is 12.1 Å². The van der Waals surface area contributed by atoms with Crippen molar-refractivity contribution in [1.82, 2.24) is 4.90 Å². The summed E-state index contributed by atoms with van der Waals surface area (Å²) in [6.45, 7) is 1.53. The van der Waals surface area contributed by atoms with E-state index in [4.69, 9.17) is 9.47 Å². The number of nitrogens with zero attached hydrogens (tertiary/aromatic N) is 1. The van der Waals surface area contributed by atoms with Gasteiger partial charge in [-0.2, -0.15) is 0 Å². The number of methoxy groups -OCH3 is 1. The molecule has 1 saturated heterocycles. The minimum Gasteiger partial charge on any atom is -0.493 e. The van der Waals surface area contributed by atoms with Crippen LogP contribution in [-0.4, -0.2) is 31.1 Å². The first kappa shape index (κ1) is 15.0. The van der Waals surface area contributed by atoms with Crippen molar-refractivity contribution in [2.75, 3.05) is 20.3 Å². The quantitative estimate of drug-likeness (QED) is 0.751. The van der Waals surface area contributed by atoms with Gasteiger partial charge >= 0.3 is 5.97 Å². The molecule has 4 nitrogen and oxygen atoms in total. The van der Waals surface area contributed by atoms with E-state index in [1.54, 1.807) is 0 Å². The van der Waals surface area contributed by atoms with Crippen LogP contribution in [0.15, 0.2) is 48.5 Å². The number of carbonyl (C=O) groups excluding carboxylic acids is 1. The summed E-state index contributed by atoms with van der Waals surface area (Å²) in [7, 11) is 1.49. The summed E-state index contributed by atoms with van der Waals surface area (Å²) < 4.78 is 11.2. The monoisotopic (exact) mass is 335 g/mol. The predicted molar refractivity (Wildman–Crippen MR) is 93.3 cm³/mol. The van der Waals surface area contributed by atoms with Crippen LogP contribution in [0.1, 0.15) is 28.8 Å². The van der Waals surface area contributed by atoms with Crippen molar-refractivity contribution in [3.05, 3.63) is 65.2 Å². The zero-order valence-electron chi connectivity index (χ0n) is 14.2. The number of fused-ring (bicyclic) bond motifs is 7. The van der Waals surface area contributed by atoms with E-state index in [0.717, 1.165) is 18.7 Å². The second kappa shape index (κ2) is 5.60. The molecule has 0 amide bonds. The summed E-state index contributed by atoms with van der Waals surface area (Å²) >= 11 is 0. The maximum absolute atomic E-state index is 12.7. The summed E-state index contributed by atoms with van der Waals surface area (Å²) in [5.74, 6) is 0.761. The summed E-state index contributed by atoms with van der Waals surface area (Å²) in [6, 6.07) is 17.0. The Hall–Kier alpha value is -2.33. The molecule has 0 saturated carbocycles. The van der Waals surface area contributed by atoms with E-state index in [1.165, 1.54) is 23.8 Å². The highest BCUT2D eigenvalue weighted by Crippen LogP contribution is 2.57. The fourth-order valence-corrected chi connectivity index (χ4v) is 5.09. The Balaban J connectivity index is 1.67. The first-order chi connectivity index (χ1) is 12.3. The van der Waals surface area contributed by atoms with Gasteiger partial charge in [-0.15, -0.1) is 0 Å². The number of para-hydroxylation sites is 1. The van der Waals surface area contributed by atoms with Gasteiger partial charge in [0.15, 0.2) is 0 Å². The zero-order chi connectivity index (χ0) is 17.0. The first-order valence-electron chi connectivity index (χ1n) is 8.92. The third-order valence-corrected chi connectivity index (χ3v) is 6.08. The molecule has 0 radical (unpaired) electrons. The number of benzene rings is 2. The molecule has 1 fully saturated rings. The highest BCUT2D eigenvalue weighted by Gasteiger charge is 2.56. The molecule has 0 bridgehead atoms. The Bertz CT molecular complexity index is 833. The molecule has 3 aliphatic heterocycles. The van der Waals surface area contributed by atoms with Gasteiger partial charge in [0, 0.05) is 30.1 Å². The lowest BCUT2D eigenvalue weighted by Gasteiger charge is -2.38. The van der Waals surface area contributed by atoms with E-state index >= 15 is 0 Å². The average Bonchev–Trinajstić information content (AvgIpc) is 3.02. The second-order valence-electron chi connectivity index (χ2n) is 7.14. The average molecular weight is 335 g/mol. The van der Waals surface area contributed by atoms with Crippen LogP contribution >= 0.6 is 0 Å². The van der Waals surface area contributed by atoms with Crippen LogP contribution in [0.5, 0.6) is 5.75 Å². The zero-order valence-corrected chi connectivity index (χ0v) is 14.2. The Morgan fingerprint density at radius 2 is 1.84 bits per heavy atom. The van der Waals surface area contributed by atoms with E-state index in [0.29, 0.717) is 6.61 Å². The Labute approximate surface area is 147 Å². The van der Waals surface area contributed by atoms with E-state index < -0.39 is 0 Å². The largest absolute Gasteiger partial charge is 0.493 e. The molecule has 0 N–H and O–H groups in total. The number of hydrogen-bond donors (Lipinski definition) is 0. The maximum atomic E-state index is 12.7. The molecular weight excluding hydrogens is 314 g/mol. The molecule has 4 atom stereocenters. The normalized spacial score (nSPS) is 29.6. The molecule has 5 rings (SSSR count). The number of esters is 1. The van der Waals surface area contributed by atoms with Gasteiger partial charge in [-0.3, -0.25) is 9.69 Å². The molecular formula is C21H21NO3. The van der Waals surface area contributed by atoms with Gasteiger partial charge in [-0.25, -0.2) is 0 Å². The van der Waals surface area contributed by atoms with Crippen LogP contribution in [0.4, 0.5) is 0 Å². The Morgan fingerprint density at radius 1 is 1.08 bits per heavy atom. The van der Waals surface area contributed by atoms with Crippen LogP contribution in [0.25, 0.3) is 0 Å². The van der Waals surface area contributed by atoms with Gasteiger partial charge < -0.3 is 9.47 Å². The molecule has 3 aliphatic rings. The van der Waals surface area contributed by atoms with Gasteiger partial charge in [-0.1, -0.05) is 42.5 Å². The maximum Gasteiger partial charge on any atom is 0.311 e. The number of carbonyl (C=O) groups is 1. The molecule has 3 heterocycles. The number of rotatable bonds is 1. The van der Waals surface area contributed by atoms with Crippen LogP contribution in [-0.2, 0) is 16.0 Å². The van der Waals surface area contributed by atoms with Gasteiger partial charge in [-0.05, 0) is 23.6 Å². The molecule has 0 aliphatic carbocycles. The smallest absolute Gasteiger partial charge is 0.311 e. The molecule has 2 aromatic carbocycles. The third-order valence-electron chi connectivity index (χ3n) is 6.08. The standard InChI is InChI=1S/C21H21NO3/c1-24-21(23)18-16-12-25-17-9-5-4-8-15(17)19(16)22-11-10-13-6-2-3-7-14(13)20(18)22/h2-9,16,18-20H,10-12H2,1H3/t16-,18-,19-,20-/m0/s1. The third kappa shape index (κ3) is 2.07. The molecule has 0 spiro atoms. The number of ether oxygens (including phenoxy) is 2. The number of hydrogen-bond acceptors (Lipinski definition) is 4. The molecule has 128 valence electrons. The second-order valence-corrected chi connectivity index (χ2v) is 7.14. The highest BCUT2D eigenvalue weighted by atomic mass is 16.5. The van der Waals surface area contributed by atoms with Crippen LogP contribution in [0.3, 0.4) is 0 Å². The van der Waals surface area contributed by atoms with Crippen molar-refractivity contribution in [1.29, 1.82) is 0 Å².